The third-order valence-electron chi connectivity index (χ3n) is 4.72. The minimum absolute atomic E-state index is 0.0555. The van der Waals surface area contributed by atoms with Crippen molar-refractivity contribution in [3.8, 4) is 17.1 Å². The summed E-state index contributed by atoms with van der Waals surface area (Å²) in [5, 5.41) is 15.8. The van der Waals surface area contributed by atoms with Crippen molar-refractivity contribution in [2.75, 3.05) is 6.61 Å². The Morgan fingerprint density at radius 2 is 2.10 bits per heavy atom. The molecule has 0 radical (unpaired) electrons. The SMILES string of the molecule is CC(C)NC(=O)COc1ccc(-c2nc(Cc3ccc4[nH]ncc4c3)n(C)n2)cc1Cl. The first-order valence-electron chi connectivity index (χ1n) is 9.93. The van der Waals surface area contributed by atoms with Crippen molar-refractivity contribution in [2.24, 2.45) is 7.05 Å². The standard InChI is InChI=1S/C22H23ClN6O2/c1-13(2)25-21(30)12-31-19-7-5-15(10-17(19)23)22-26-20(29(3)28-22)9-14-4-6-18-16(8-14)11-24-27-18/h4-8,10-11,13H,9,12H2,1-3H3,(H,24,27)(H,25,30). The van der Waals surface area contributed by atoms with Gasteiger partial charge in [-0.2, -0.15) is 10.2 Å². The first-order chi connectivity index (χ1) is 14.9. The molecule has 31 heavy (non-hydrogen) atoms. The Bertz CT molecular complexity index is 1230. The predicted octanol–water partition coefficient (Wildman–Crippen LogP) is 3.51. The van der Waals surface area contributed by atoms with Gasteiger partial charge in [0.15, 0.2) is 12.4 Å². The van der Waals surface area contributed by atoms with Gasteiger partial charge in [-0.05, 0) is 49.7 Å². The molecule has 8 nitrogen and oxygen atoms in total. The maximum absolute atomic E-state index is 11.8. The van der Waals surface area contributed by atoms with Gasteiger partial charge in [-0.1, -0.05) is 17.7 Å². The highest BCUT2D eigenvalue weighted by Gasteiger charge is 2.13. The molecule has 4 aromatic rings. The molecule has 1 amide bonds. The van der Waals surface area contributed by atoms with Crippen LogP contribution in [0, 0.1) is 0 Å². The van der Waals surface area contributed by atoms with Crippen molar-refractivity contribution < 1.29 is 9.53 Å². The summed E-state index contributed by atoms with van der Waals surface area (Å²) in [7, 11) is 1.87. The minimum atomic E-state index is -0.195. The monoisotopic (exact) mass is 438 g/mol. The molecule has 0 spiro atoms. The third kappa shape index (κ3) is 4.86. The van der Waals surface area contributed by atoms with Gasteiger partial charge in [0.05, 0.1) is 16.7 Å². The number of halogens is 1. The van der Waals surface area contributed by atoms with Crippen LogP contribution < -0.4 is 10.1 Å². The molecule has 160 valence electrons. The lowest BCUT2D eigenvalue weighted by Crippen LogP contribution is -2.34. The van der Waals surface area contributed by atoms with Crippen LogP contribution >= 0.6 is 11.6 Å². The Morgan fingerprint density at radius 3 is 2.87 bits per heavy atom. The van der Waals surface area contributed by atoms with E-state index in [1.165, 1.54) is 0 Å². The molecule has 2 heterocycles. The number of hydrogen-bond acceptors (Lipinski definition) is 5. The Morgan fingerprint density at radius 1 is 1.26 bits per heavy atom. The average Bonchev–Trinajstić information content (AvgIpc) is 3.33. The van der Waals surface area contributed by atoms with E-state index in [0.29, 0.717) is 23.0 Å². The fourth-order valence-corrected chi connectivity index (χ4v) is 3.48. The second-order valence-electron chi connectivity index (χ2n) is 7.60. The number of ether oxygens (including phenoxy) is 1. The number of nitrogens with one attached hydrogen (secondary N) is 2. The number of fused-ring (bicyclic) bond motifs is 1. The van der Waals surface area contributed by atoms with E-state index in [-0.39, 0.29) is 18.6 Å². The Hall–Kier alpha value is -3.39. The van der Waals surface area contributed by atoms with Gasteiger partial charge in [0, 0.05) is 30.5 Å². The number of amides is 1. The summed E-state index contributed by atoms with van der Waals surface area (Å²) in [5.41, 5.74) is 2.90. The second kappa shape index (κ2) is 8.77. The highest BCUT2D eigenvalue weighted by molar-refractivity contribution is 6.32. The van der Waals surface area contributed by atoms with E-state index in [1.54, 1.807) is 23.0 Å². The maximum Gasteiger partial charge on any atom is 0.258 e. The molecule has 0 fully saturated rings. The zero-order valence-corrected chi connectivity index (χ0v) is 18.3. The van der Waals surface area contributed by atoms with Gasteiger partial charge >= 0.3 is 0 Å². The van der Waals surface area contributed by atoms with Crippen LogP contribution in [0.4, 0.5) is 0 Å². The lowest BCUT2D eigenvalue weighted by atomic mass is 10.1. The predicted molar refractivity (Wildman–Crippen MR) is 119 cm³/mol. The summed E-state index contributed by atoms with van der Waals surface area (Å²) in [4.78, 5) is 16.5. The molecule has 4 rings (SSSR count). The van der Waals surface area contributed by atoms with Crippen LogP contribution in [-0.2, 0) is 18.3 Å². The molecule has 2 aromatic carbocycles. The summed E-state index contributed by atoms with van der Waals surface area (Å²) in [6.07, 6.45) is 2.45. The van der Waals surface area contributed by atoms with Gasteiger partial charge in [-0.25, -0.2) is 4.98 Å². The van der Waals surface area contributed by atoms with E-state index >= 15 is 0 Å². The van der Waals surface area contributed by atoms with Crippen LogP contribution in [0.25, 0.3) is 22.3 Å². The quantitative estimate of drug-likeness (QED) is 0.460. The average molecular weight is 439 g/mol. The first-order valence-corrected chi connectivity index (χ1v) is 10.3. The molecular weight excluding hydrogens is 416 g/mol. The van der Waals surface area contributed by atoms with Crippen molar-refractivity contribution >= 4 is 28.4 Å². The second-order valence-corrected chi connectivity index (χ2v) is 8.01. The Kier molecular flexibility index (Phi) is 5.90. The highest BCUT2D eigenvalue weighted by Crippen LogP contribution is 2.29. The fraction of sp³-hybridized carbons (Fsp3) is 0.273. The molecule has 0 aliphatic rings. The molecular formula is C22H23ClN6O2. The topological polar surface area (TPSA) is 97.7 Å². The Balaban J connectivity index is 1.48. The van der Waals surface area contributed by atoms with Crippen LogP contribution in [0.3, 0.4) is 0 Å². The number of benzene rings is 2. The van der Waals surface area contributed by atoms with Crippen LogP contribution in [0.5, 0.6) is 5.75 Å². The van der Waals surface area contributed by atoms with E-state index < -0.39 is 0 Å². The zero-order valence-electron chi connectivity index (χ0n) is 17.5. The van der Waals surface area contributed by atoms with E-state index in [1.807, 2.05) is 39.1 Å². The normalized spacial score (nSPS) is 11.3. The van der Waals surface area contributed by atoms with Crippen molar-refractivity contribution in [3.63, 3.8) is 0 Å². The van der Waals surface area contributed by atoms with Crippen molar-refractivity contribution in [1.29, 1.82) is 0 Å². The number of carbonyl (C=O) groups excluding carboxylic acids is 1. The third-order valence-corrected chi connectivity index (χ3v) is 5.01. The number of rotatable bonds is 7. The number of hydrogen-bond donors (Lipinski definition) is 2. The van der Waals surface area contributed by atoms with Gasteiger partial charge in [0.25, 0.3) is 5.91 Å². The molecule has 0 aliphatic carbocycles. The number of aromatic nitrogens is 5. The van der Waals surface area contributed by atoms with Crippen molar-refractivity contribution in [1.82, 2.24) is 30.3 Å². The summed E-state index contributed by atoms with van der Waals surface area (Å²) in [5.74, 6) is 1.65. The molecule has 0 unspecified atom stereocenters. The Labute approximate surface area is 184 Å². The molecule has 0 saturated heterocycles. The molecule has 0 atom stereocenters. The van der Waals surface area contributed by atoms with E-state index in [0.717, 1.165) is 27.9 Å². The molecule has 9 heteroatoms. The highest BCUT2D eigenvalue weighted by atomic mass is 35.5. The van der Waals surface area contributed by atoms with Crippen molar-refractivity contribution in [2.45, 2.75) is 26.3 Å². The summed E-state index contributed by atoms with van der Waals surface area (Å²) >= 11 is 6.36. The molecule has 2 aromatic heterocycles. The van der Waals surface area contributed by atoms with Gasteiger partial charge < -0.3 is 10.1 Å². The summed E-state index contributed by atoms with van der Waals surface area (Å²) in [6, 6.07) is 11.5. The number of H-pyrrole nitrogens is 1. The number of aryl methyl sites for hydroxylation is 1. The molecule has 2 N–H and O–H groups in total. The van der Waals surface area contributed by atoms with E-state index in [2.05, 4.69) is 31.7 Å². The van der Waals surface area contributed by atoms with Crippen LogP contribution in [0.2, 0.25) is 5.02 Å². The lowest BCUT2D eigenvalue weighted by molar-refractivity contribution is -0.123. The fourth-order valence-electron chi connectivity index (χ4n) is 3.24. The van der Waals surface area contributed by atoms with E-state index in [9.17, 15) is 4.79 Å². The summed E-state index contributed by atoms with van der Waals surface area (Å²) < 4.78 is 7.30. The minimum Gasteiger partial charge on any atom is -0.482 e. The maximum atomic E-state index is 11.8. The molecule has 0 bridgehead atoms. The van der Waals surface area contributed by atoms with Crippen LogP contribution in [0.1, 0.15) is 25.2 Å². The number of aromatic amines is 1. The van der Waals surface area contributed by atoms with Gasteiger partial charge in [0.2, 0.25) is 0 Å². The zero-order chi connectivity index (χ0) is 22.0. The van der Waals surface area contributed by atoms with Gasteiger partial charge in [0.1, 0.15) is 11.6 Å². The molecule has 0 aliphatic heterocycles. The lowest BCUT2D eigenvalue weighted by Gasteiger charge is -2.11. The van der Waals surface area contributed by atoms with Crippen LogP contribution in [0.15, 0.2) is 42.6 Å². The van der Waals surface area contributed by atoms with E-state index in [4.69, 9.17) is 16.3 Å². The summed E-state index contributed by atoms with van der Waals surface area (Å²) in [6.45, 7) is 3.69. The first kappa shape index (κ1) is 20.9. The van der Waals surface area contributed by atoms with Gasteiger partial charge in [-0.15, -0.1) is 0 Å². The van der Waals surface area contributed by atoms with Crippen LogP contribution in [-0.4, -0.2) is 43.5 Å². The molecule has 0 saturated carbocycles. The smallest absolute Gasteiger partial charge is 0.258 e. The number of carbonyl (C=O) groups is 1. The van der Waals surface area contributed by atoms with Gasteiger partial charge in [-0.3, -0.25) is 14.6 Å². The number of nitrogens with zero attached hydrogens (tertiary/aromatic N) is 4. The van der Waals surface area contributed by atoms with Crippen molar-refractivity contribution in [3.05, 3.63) is 59.0 Å². The largest absolute Gasteiger partial charge is 0.482 e.